The van der Waals surface area contributed by atoms with Crippen LogP contribution in [0.1, 0.15) is 5.56 Å². The molecule has 0 bridgehead atoms. The lowest BCUT2D eigenvalue weighted by atomic mass is 10.2. The van der Waals surface area contributed by atoms with E-state index in [1.54, 1.807) is 6.21 Å². The van der Waals surface area contributed by atoms with Crippen molar-refractivity contribution in [1.29, 1.82) is 0 Å². The molecule has 7 heteroatoms. The van der Waals surface area contributed by atoms with Crippen LogP contribution >= 0.6 is 0 Å². The highest BCUT2D eigenvalue weighted by atomic mass is 16.0. The van der Waals surface area contributed by atoms with Crippen molar-refractivity contribution < 1.29 is 16.4 Å². The van der Waals surface area contributed by atoms with Crippen LogP contribution in [0.15, 0.2) is 40.5 Å². The quantitative estimate of drug-likeness (QED) is 0.325. The Kier molecular flexibility index (Phi) is 12.7. The summed E-state index contributed by atoms with van der Waals surface area (Å²) in [6, 6.07) is 9.57. The number of guanidine groups is 1. The van der Waals surface area contributed by atoms with Crippen molar-refractivity contribution >= 4 is 12.2 Å². The Labute approximate surface area is 87.0 Å². The average Bonchev–Trinajstić information content (AvgIpc) is 2.05. The summed E-state index contributed by atoms with van der Waals surface area (Å²) in [4.78, 5) is 0. The third-order valence-electron chi connectivity index (χ3n) is 1.18. The molecule has 0 saturated carbocycles. The fraction of sp³-hybridized carbons (Fsp3) is 0. The molecule has 0 amide bonds. The van der Waals surface area contributed by atoms with E-state index < -0.39 is 0 Å². The van der Waals surface area contributed by atoms with E-state index in [9.17, 15) is 0 Å². The minimum absolute atomic E-state index is 0. The third kappa shape index (κ3) is 8.37. The maximum Gasteiger partial charge on any atom is 0.211 e. The second-order valence-corrected chi connectivity index (χ2v) is 2.18. The Morgan fingerprint density at radius 3 is 2.00 bits per heavy atom. The molecule has 15 heavy (non-hydrogen) atoms. The van der Waals surface area contributed by atoms with Gasteiger partial charge in [0.25, 0.3) is 0 Å². The van der Waals surface area contributed by atoms with Gasteiger partial charge < -0.3 is 27.9 Å². The summed E-state index contributed by atoms with van der Waals surface area (Å²) in [5, 5.41) is 7.12. The Morgan fingerprint density at radius 2 is 1.53 bits per heavy atom. The zero-order valence-electron chi connectivity index (χ0n) is 8.01. The van der Waals surface area contributed by atoms with Gasteiger partial charge in [0.15, 0.2) is 0 Å². The first-order valence-corrected chi connectivity index (χ1v) is 3.46. The fourth-order valence-electron chi connectivity index (χ4n) is 0.701. The maximum atomic E-state index is 5.07. The number of nitrogens with zero attached hydrogens (tertiary/aromatic N) is 2. The molecule has 0 aromatic heterocycles. The van der Waals surface area contributed by atoms with Gasteiger partial charge in [-0.15, -0.1) is 5.10 Å². The number of nitrogens with two attached hydrogens (primary N) is 2. The highest BCUT2D eigenvalue weighted by Crippen LogP contribution is 1.93. The molecule has 0 atom stereocenters. The van der Waals surface area contributed by atoms with Crippen molar-refractivity contribution in [2.45, 2.75) is 0 Å². The van der Waals surface area contributed by atoms with Crippen molar-refractivity contribution in [3.8, 4) is 0 Å². The molecule has 0 spiro atoms. The standard InChI is InChI=1S/C8H10N4.3H2O/c9-8(10)12-11-6-7-4-2-1-3-5-7;;;/h1-6H,(H4,9,10,12);3*1H2/b11-6+;;;. The Morgan fingerprint density at radius 1 is 1.00 bits per heavy atom. The second-order valence-electron chi connectivity index (χ2n) is 2.18. The molecule has 0 heterocycles. The van der Waals surface area contributed by atoms with Crippen molar-refractivity contribution in [1.82, 2.24) is 0 Å². The van der Waals surface area contributed by atoms with Gasteiger partial charge in [0.1, 0.15) is 0 Å². The molecular formula is C8H16N4O3. The normalized spacial score (nSPS) is 8.00. The summed E-state index contributed by atoms with van der Waals surface area (Å²) in [5.74, 6) is -0.0396. The van der Waals surface area contributed by atoms with Gasteiger partial charge in [0.2, 0.25) is 5.96 Å². The molecule has 0 aliphatic carbocycles. The molecule has 0 aliphatic rings. The lowest BCUT2D eigenvalue weighted by molar-refractivity contribution is 0.823. The van der Waals surface area contributed by atoms with Crippen LogP contribution in [0.25, 0.3) is 0 Å². The average molecular weight is 216 g/mol. The molecule has 86 valence electrons. The zero-order chi connectivity index (χ0) is 8.81. The minimum atomic E-state index is -0.0396. The Hall–Kier alpha value is -1.96. The van der Waals surface area contributed by atoms with E-state index >= 15 is 0 Å². The first-order valence-electron chi connectivity index (χ1n) is 3.46. The van der Waals surface area contributed by atoms with Crippen LogP contribution in [0.2, 0.25) is 0 Å². The van der Waals surface area contributed by atoms with Gasteiger partial charge in [-0.1, -0.05) is 30.3 Å². The molecule has 7 nitrogen and oxygen atoms in total. The van der Waals surface area contributed by atoms with Crippen molar-refractivity contribution in [2.24, 2.45) is 21.7 Å². The van der Waals surface area contributed by atoms with Crippen molar-refractivity contribution in [3.63, 3.8) is 0 Å². The first kappa shape index (κ1) is 18.8. The van der Waals surface area contributed by atoms with Gasteiger partial charge in [-0.3, -0.25) is 0 Å². The summed E-state index contributed by atoms with van der Waals surface area (Å²) in [6.07, 6.45) is 1.58. The number of hydrogen-bond donors (Lipinski definition) is 2. The molecule has 0 saturated heterocycles. The van der Waals surface area contributed by atoms with Crippen molar-refractivity contribution in [3.05, 3.63) is 35.9 Å². The summed E-state index contributed by atoms with van der Waals surface area (Å²) >= 11 is 0. The third-order valence-corrected chi connectivity index (χ3v) is 1.18. The fourth-order valence-corrected chi connectivity index (χ4v) is 0.701. The summed E-state index contributed by atoms with van der Waals surface area (Å²) in [7, 11) is 0. The van der Waals surface area contributed by atoms with Crippen LogP contribution < -0.4 is 11.5 Å². The molecule has 1 rings (SSSR count). The monoisotopic (exact) mass is 216 g/mol. The molecule has 1 aromatic carbocycles. The van der Waals surface area contributed by atoms with E-state index in [0.29, 0.717) is 0 Å². The zero-order valence-corrected chi connectivity index (χ0v) is 8.01. The van der Waals surface area contributed by atoms with Crippen LogP contribution in [-0.4, -0.2) is 28.6 Å². The Balaban J connectivity index is -0.000000480. The van der Waals surface area contributed by atoms with Gasteiger partial charge >= 0.3 is 0 Å². The van der Waals surface area contributed by atoms with Crippen LogP contribution in [0.3, 0.4) is 0 Å². The van der Waals surface area contributed by atoms with E-state index in [1.165, 1.54) is 0 Å². The Bertz CT molecular complexity index is 296. The second kappa shape index (κ2) is 10.1. The van der Waals surface area contributed by atoms with E-state index in [4.69, 9.17) is 11.5 Å². The van der Waals surface area contributed by atoms with Crippen LogP contribution in [0, 0.1) is 0 Å². The summed E-state index contributed by atoms with van der Waals surface area (Å²) in [5.41, 5.74) is 11.1. The largest absolute Gasteiger partial charge is 0.412 e. The van der Waals surface area contributed by atoms with E-state index in [-0.39, 0.29) is 22.4 Å². The highest BCUT2D eigenvalue weighted by molar-refractivity contribution is 5.81. The van der Waals surface area contributed by atoms with E-state index in [2.05, 4.69) is 10.2 Å². The number of hydrogen-bond acceptors (Lipinski definition) is 2. The summed E-state index contributed by atoms with van der Waals surface area (Å²) in [6.45, 7) is 0. The topological polar surface area (TPSA) is 171 Å². The van der Waals surface area contributed by atoms with Gasteiger partial charge in [0.05, 0.1) is 6.21 Å². The highest BCUT2D eigenvalue weighted by Gasteiger charge is 1.81. The smallest absolute Gasteiger partial charge is 0.211 e. The predicted molar refractivity (Wildman–Crippen MR) is 60.7 cm³/mol. The molecule has 0 fully saturated rings. The first-order chi connectivity index (χ1) is 5.79. The van der Waals surface area contributed by atoms with Crippen LogP contribution in [0.4, 0.5) is 0 Å². The van der Waals surface area contributed by atoms with Crippen LogP contribution in [-0.2, 0) is 0 Å². The molecule has 1 aromatic rings. The molecule has 10 N–H and O–H groups in total. The van der Waals surface area contributed by atoms with Gasteiger partial charge in [-0.05, 0) is 5.56 Å². The number of benzene rings is 1. The number of rotatable bonds is 2. The predicted octanol–water partition coefficient (Wildman–Crippen LogP) is -2.18. The van der Waals surface area contributed by atoms with Gasteiger partial charge in [-0.2, -0.15) is 5.10 Å². The van der Waals surface area contributed by atoms with Crippen LogP contribution in [0.5, 0.6) is 0 Å². The molecule has 0 radical (unpaired) electrons. The van der Waals surface area contributed by atoms with E-state index in [0.717, 1.165) is 5.56 Å². The minimum Gasteiger partial charge on any atom is -0.412 e. The SMILES string of the molecule is NC(N)=N/N=C/c1ccccc1.O.O.O. The molecule has 0 aliphatic heterocycles. The lowest BCUT2D eigenvalue weighted by Crippen LogP contribution is -2.21. The summed E-state index contributed by atoms with van der Waals surface area (Å²) < 4.78 is 0. The van der Waals surface area contributed by atoms with Crippen molar-refractivity contribution in [2.75, 3.05) is 0 Å². The van der Waals surface area contributed by atoms with E-state index in [1.807, 2.05) is 30.3 Å². The van der Waals surface area contributed by atoms with Gasteiger partial charge in [0, 0.05) is 0 Å². The lowest BCUT2D eigenvalue weighted by Gasteiger charge is -1.87. The molecular weight excluding hydrogens is 200 g/mol. The molecule has 0 unspecified atom stereocenters. The maximum absolute atomic E-state index is 5.07. The van der Waals surface area contributed by atoms with Gasteiger partial charge in [-0.25, -0.2) is 0 Å².